The molecular weight excluding hydrogens is 344 g/mol. The molecule has 2 heterocycles. The molecule has 2 aromatic rings. The maximum atomic E-state index is 3.70. The molecule has 1 aromatic heterocycles. The Balaban J connectivity index is 1.74. The Labute approximate surface area is 139 Å². The lowest BCUT2D eigenvalue weighted by Gasteiger charge is -2.28. The first kappa shape index (κ1) is 15.2. The van der Waals surface area contributed by atoms with Gasteiger partial charge in [-0.05, 0) is 53.5 Å². The SMILES string of the molecule is CC1CCNC(c2ccccc2)CN1Cc1ccc(Br)s1. The van der Waals surface area contributed by atoms with E-state index < -0.39 is 0 Å². The van der Waals surface area contributed by atoms with Crippen molar-refractivity contribution in [3.05, 3.63) is 56.7 Å². The molecule has 1 fully saturated rings. The summed E-state index contributed by atoms with van der Waals surface area (Å²) in [7, 11) is 0. The molecular formula is C17H21BrN2S. The summed E-state index contributed by atoms with van der Waals surface area (Å²) in [5.74, 6) is 0. The average Bonchev–Trinajstić information content (AvgIpc) is 2.81. The topological polar surface area (TPSA) is 15.3 Å². The molecule has 1 saturated heterocycles. The molecule has 1 aliphatic heterocycles. The third-order valence-corrected chi connectivity index (χ3v) is 5.79. The zero-order valence-corrected chi connectivity index (χ0v) is 14.7. The van der Waals surface area contributed by atoms with Crippen LogP contribution in [0.1, 0.15) is 29.8 Å². The molecule has 2 nitrogen and oxygen atoms in total. The maximum Gasteiger partial charge on any atom is 0.0701 e. The third-order valence-electron chi connectivity index (χ3n) is 4.18. The van der Waals surface area contributed by atoms with E-state index in [-0.39, 0.29) is 0 Å². The van der Waals surface area contributed by atoms with Gasteiger partial charge in [-0.1, -0.05) is 30.3 Å². The smallest absolute Gasteiger partial charge is 0.0701 e. The van der Waals surface area contributed by atoms with Gasteiger partial charge in [0.05, 0.1) is 3.79 Å². The molecule has 0 radical (unpaired) electrons. The van der Waals surface area contributed by atoms with Gasteiger partial charge < -0.3 is 5.32 Å². The molecule has 1 aliphatic rings. The van der Waals surface area contributed by atoms with Gasteiger partial charge in [0.25, 0.3) is 0 Å². The Morgan fingerprint density at radius 1 is 1.24 bits per heavy atom. The summed E-state index contributed by atoms with van der Waals surface area (Å²) in [5, 5.41) is 3.70. The lowest BCUT2D eigenvalue weighted by atomic mass is 10.1. The van der Waals surface area contributed by atoms with Crippen molar-refractivity contribution >= 4 is 27.3 Å². The normalized spacial score (nSPS) is 23.9. The van der Waals surface area contributed by atoms with Gasteiger partial charge in [-0.2, -0.15) is 0 Å². The van der Waals surface area contributed by atoms with E-state index in [1.165, 1.54) is 20.6 Å². The van der Waals surface area contributed by atoms with Crippen LogP contribution in [-0.2, 0) is 6.54 Å². The highest BCUT2D eigenvalue weighted by Crippen LogP contribution is 2.26. The first-order valence-corrected chi connectivity index (χ1v) is 9.10. The molecule has 3 rings (SSSR count). The van der Waals surface area contributed by atoms with Gasteiger partial charge in [0.1, 0.15) is 0 Å². The lowest BCUT2D eigenvalue weighted by molar-refractivity contribution is 0.198. The summed E-state index contributed by atoms with van der Waals surface area (Å²) in [6, 6.07) is 16.2. The van der Waals surface area contributed by atoms with Crippen molar-refractivity contribution in [2.24, 2.45) is 0 Å². The number of hydrogen-bond donors (Lipinski definition) is 1. The molecule has 4 heteroatoms. The van der Waals surface area contributed by atoms with Crippen LogP contribution in [0.2, 0.25) is 0 Å². The molecule has 0 spiro atoms. The largest absolute Gasteiger partial charge is 0.309 e. The van der Waals surface area contributed by atoms with Crippen LogP contribution in [0.3, 0.4) is 0 Å². The quantitative estimate of drug-likeness (QED) is 0.865. The predicted octanol–water partition coefficient (Wildman–Crippen LogP) is 4.44. The fraction of sp³-hybridized carbons (Fsp3) is 0.412. The molecule has 0 aliphatic carbocycles. The summed E-state index contributed by atoms with van der Waals surface area (Å²) in [6.07, 6.45) is 1.20. The van der Waals surface area contributed by atoms with Gasteiger partial charge in [0.15, 0.2) is 0 Å². The van der Waals surface area contributed by atoms with E-state index >= 15 is 0 Å². The minimum atomic E-state index is 0.430. The number of hydrogen-bond acceptors (Lipinski definition) is 3. The van der Waals surface area contributed by atoms with Crippen LogP contribution in [0.5, 0.6) is 0 Å². The van der Waals surface area contributed by atoms with Crippen molar-refractivity contribution in [1.29, 1.82) is 0 Å². The molecule has 21 heavy (non-hydrogen) atoms. The molecule has 1 N–H and O–H groups in total. The van der Waals surface area contributed by atoms with Crippen molar-refractivity contribution in [2.75, 3.05) is 13.1 Å². The van der Waals surface area contributed by atoms with Crippen molar-refractivity contribution in [2.45, 2.75) is 32.0 Å². The summed E-state index contributed by atoms with van der Waals surface area (Å²) in [4.78, 5) is 4.04. The standard InChI is InChI=1S/C17H21BrN2S/c1-13-9-10-19-16(14-5-3-2-4-6-14)12-20(13)11-15-7-8-17(18)21-15/h2-8,13,16,19H,9-12H2,1H3. The van der Waals surface area contributed by atoms with Crippen LogP contribution in [0, 0.1) is 0 Å². The van der Waals surface area contributed by atoms with Gasteiger partial charge in [-0.15, -0.1) is 11.3 Å². The number of benzene rings is 1. The van der Waals surface area contributed by atoms with E-state index in [4.69, 9.17) is 0 Å². The van der Waals surface area contributed by atoms with E-state index in [9.17, 15) is 0 Å². The number of nitrogens with zero attached hydrogens (tertiary/aromatic N) is 1. The average molecular weight is 365 g/mol. The van der Waals surface area contributed by atoms with Gasteiger partial charge in [-0.25, -0.2) is 0 Å². The van der Waals surface area contributed by atoms with Crippen molar-refractivity contribution in [1.82, 2.24) is 10.2 Å². The Morgan fingerprint density at radius 3 is 2.76 bits per heavy atom. The number of halogens is 1. The molecule has 0 amide bonds. The highest BCUT2D eigenvalue weighted by Gasteiger charge is 2.24. The minimum absolute atomic E-state index is 0.430. The molecule has 2 unspecified atom stereocenters. The van der Waals surface area contributed by atoms with E-state index in [1.54, 1.807) is 0 Å². The number of rotatable bonds is 3. The van der Waals surface area contributed by atoms with Crippen LogP contribution in [0.15, 0.2) is 46.3 Å². The molecule has 0 bridgehead atoms. The highest BCUT2D eigenvalue weighted by atomic mass is 79.9. The molecule has 0 saturated carbocycles. The van der Waals surface area contributed by atoms with Gasteiger partial charge in [-0.3, -0.25) is 4.90 Å². The van der Waals surface area contributed by atoms with Crippen LogP contribution >= 0.6 is 27.3 Å². The predicted molar refractivity (Wildman–Crippen MR) is 93.7 cm³/mol. The summed E-state index contributed by atoms with van der Waals surface area (Å²) in [5.41, 5.74) is 1.39. The van der Waals surface area contributed by atoms with Crippen LogP contribution in [0.25, 0.3) is 0 Å². The minimum Gasteiger partial charge on any atom is -0.309 e. The van der Waals surface area contributed by atoms with Gasteiger partial charge in [0.2, 0.25) is 0 Å². The van der Waals surface area contributed by atoms with Crippen LogP contribution < -0.4 is 5.32 Å². The Bertz CT molecular complexity index is 569. The summed E-state index contributed by atoms with van der Waals surface area (Å²) in [6.45, 7) is 5.55. The second-order valence-corrected chi connectivity index (χ2v) is 8.24. The molecule has 112 valence electrons. The molecule has 2 atom stereocenters. The monoisotopic (exact) mass is 364 g/mol. The summed E-state index contributed by atoms with van der Waals surface area (Å²) < 4.78 is 1.22. The van der Waals surface area contributed by atoms with Crippen molar-refractivity contribution in [3.8, 4) is 0 Å². The Hall–Kier alpha value is -0.680. The Morgan fingerprint density at radius 2 is 2.05 bits per heavy atom. The zero-order chi connectivity index (χ0) is 14.7. The fourth-order valence-corrected chi connectivity index (χ4v) is 4.40. The fourth-order valence-electron chi connectivity index (χ4n) is 2.89. The van der Waals surface area contributed by atoms with Crippen LogP contribution in [-0.4, -0.2) is 24.0 Å². The first-order valence-electron chi connectivity index (χ1n) is 7.49. The van der Waals surface area contributed by atoms with Gasteiger partial charge >= 0.3 is 0 Å². The highest BCUT2D eigenvalue weighted by molar-refractivity contribution is 9.11. The number of nitrogens with one attached hydrogen (secondary N) is 1. The van der Waals surface area contributed by atoms with Crippen molar-refractivity contribution < 1.29 is 0 Å². The lowest BCUT2D eigenvalue weighted by Crippen LogP contribution is -2.35. The van der Waals surface area contributed by atoms with Gasteiger partial charge in [0, 0.05) is 30.1 Å². The number of thiophene rings is 1. The molecule has 1 aromatic carbocycles. The first-order chi connectivity index (χ1) is 10.2. The van der Waals surface area contributed by atoms with E-state index in [2.05, 4.69) is 75.5 Å². The van der Waals surface area contributed by atoms with E-state index in [0.29, 0.717) is 12.1 Å². The van der Waals surface area contributed by atoms with Crippen molar-refractivity contribution in [3.63, 3.8) is 0 Å². The second-order valence-electron chi connectivity index (χ2n) is 5.69. The van der Waals surface area contributed by atoms with E-state index in [1.807, 2.05) is 11.3 Å². The van der Waals surface area contributed by atoms with Crippen LogP contribution in [0.4, 0.5) is 0 Å². The third kappa shape index (κ3) is 3.95. The second kappa shape index (κ2) is 7.05. The zero-order valence-electron chi connectivity index (χ0n) is 12.3. The maximum absolute atomic E-state index is 3.70. The summed E-state index contributed by atoms with van der Waals surface area (Å²) >= 11 is 5.41. The van der Waals surface area contributed by atoms with E-state index in [0.717, 1.165) is 19.6 Å². The Kier molecular flexibility index (Phi) is 5.11.